The van der Waals surface area contributed by atoms with E-state index in [0.29, 0.717) is 6.42 Å². The number of rotatable bonds is 1. The molecule has 0 heterocycles. The fraction of sp³-hybridized carbons (Fsp3) is 1.00. The Hall–Kier alpha value is 0.110. The van der Waals surface area contributed by atoms with E-state index in [1.54, 1.807) is 0 Å². The van der Waals surface area contributed by atoms with Gasteiger partial charge in [-0.2, -0.15) is 0 Å². The predicted octanol–water partition coefficient (Wildman–Crippen LogP) is 1.02. The smallest absolute Gasteiger partial charge is 0.242 e. The van der Waals surface area contributed by atoms with E-state index in [4.69, 9.17) is 5.73 Å². The maximum Gasteiger partial charge on any atom is 0.242 e. The molecule has 0 unspecified atom stereocenters. The van der Waals surface area contributed by atoms with Gasteiger partial charge in [-0.25, -0.2) is 8.78 Å². The summed E-state index contributed by atoms with van der Waals surface area (Å²) in [6.45, 7) is 0. The van der Waals surface area contributed by atoms with Crippen LogP contribution in [0.4, 0.5) is 8.78 Å². The zero-order valence-electron chi connectivity index (χ0n) is 4.18. The van der Waals surface area contributed by atoms with Crippen LogP contribution in [0.25, 0.3) is 0 Å². The Morgan fingerprint density at radius 1 is 1.50 bits per heavy atom. The minimum Gasteiger partial charge on any atom is -0.327 e. The van der Waals surface area contributed by atoms with Crippen molar-refractivity contribution in [2.75, 3.05) is 0 Å². The Morgan fingerprint density at radius 3 is 1.88 bits per heavy atom. The van der Waals surface area contributed by atoms with Gasteiger partial charge in [-0.05, 0) is 6.42 Å². The van der Waals surface area contributed by atoms with Crippen molar-refractivity contribution in [2.45, 2.75) is 18.9 Å². The highest BCUT2D eigenvalue weighted by molar-refractivity contribution is 5.85. The van der Waals surface area contributed by atoms with Crippen molar-refractivity contribution in [3.8, 4) is 0 Å². The predicted molar refractivity (Wildman–Crippen MR) is 29.3 cm³/mol. The van der Waals surface area contributed by atoms with Gasteiger partial charge in [-0.3, -0.25) is 0 Å². The summed E-state index contributed by atoms with van der Waals surface area (Å²) in [5, 5.41) is 0. The molecule has 1 fully saturated rings. The van der Waals surface area contributed by atoms with Gasteiger partial charge in [0.1, 0.15) is 0 Å². The zero-order valence-corrected chi connectivity index (χ0v) is 5.00. The molecule has 0 aromatic rings. The van der Waals surface area contributed by atoms with Crippen molar-refractivity contribution in [3.05, 3.63) is 0 Å². The molecule has 0 spiro atoms. The standard InChI is InChI=1S/C4H7F2N.ClH/c5-4(6)2-1-3(2)7;/h2-4H,1,7H2;1H/t2-,3+;/m0./s1. The van der Waals surface area contributed by atoms with E-state index in [1.165, 1.54) is 0 Å². The van der Waals surface area contributed by atoms with Gasteiger partial charge in [0.25, 0.3) is 0 Å². The average Bonchev–Trinajstić information content (AvgIpc) is 2.17. The number of halogens is 3. The van der Waals surface area contributed by atoms with Gasteiger partial charge in [-0.1, -0.05) is 0 Å². The molecule has 1 aliphatic rings. The summed E-state index contributed by atoms with van der Waals surface area (Å²) in [5.74, 6) is -0.486. The second kappa shape index (κ2) is 2.60. The molecule has 0 aliphatic heterocycles. The lowest BCUT2D eigenvalue weighted by Crippen LogP contribution is -2.06. The molecular formula is C4H8ClF2N. The summed E-state index contributed by atoms with van der Waals surface area (Å²) in [5.41, 5.74) is 5.09. The van der Waals surface area contributed by atoms with E-state index in [2.05, 4.69) is 0 Å². The first-order chi connectivity index (χ1) is 3.22. The number of hydrogen-bond acceptors (Lipinski definition) is 1. The Bertz CT molecular complexity index is 78.4. The van der Waals surface area contributed by atoms with Crippen LogP contribution in [0.1, 0.15) is 6.42 Å². The lowest BCUT2D eigenvalue weighted by Gasteiger charge is -1.88. The summed E-state index contributed by atoms with van der Waals surface area (Å²) in [6.07, 6.45) is -1.67. The van der Waals surface area contributed by atoms with Crippen LogP contribution < -0.4 is 5.73 Å². The van der Waals surface area contributed by atoms with Crippen molar-refractivity contribution in [3.63, 3.8) is 0 Å². The third kappa shape index (κ3) is 1.56. The maximum absolute atomic E-state index is 11.4. The molecule has 0 aromatic carbocycles. The average molecular weight is 144 g/mol. The van der Waals surface area contributed by atoms with E-state index in [1.807, 2.05) is 0 Å². The fourth-order valence-electron chi connectivity index (χ4n) is 0.525. The summed E-state index contributed by atoms with van der Waals surface area (Å²) in [4.78, 5) is 0. The quantitative estimate of drug-likeness (QED) is 0.583. The molecule has 1 aliphatic carbocycles. The lowest BCUT2D eigenvalue weighted by molar-refractivity contribution is 0.121. The third-order valence-corrected chi connectivity index (χ3v) is 1.21. The second-order valence-electron chi connectivity index (χ2n) is 1.90. The van der Waals surface area contributed by atoms with E-state index in [0.717, 1.165) is 0 Å². The van der Waals surface area contributed by atoms with Crippen LogP contribution in [-0.4, -0.2) is 12.5 Å². The van der Waals surface area contributed by atoms with Gasteiger partial charge >= 0.3 is 0 Å². The minimum absolute atomic E-state index is 0. The molecule has 2 atom stereocenters. The highest BCUT2D eigenvalue weighted by Gasteiger charge is 2.40. The molecule has 0 aromatic heterocycles. The van der Waals surface area contributed by atoms with Crippen LogP contribution in [0.3, 0.4) is 0 Å². The number of alkyl halides is 2. The molecule has 50 valence electrons. The van der Waals surface area contributed by atoms with Gasteiger partial charge in [-0.15, -0.1) is 12.4 Å². The molecule has 0 radical (unpaired) electrons. The molecule has 1 saturated carbocycles. The number of nitrogens with two attached hydrogens (primary N) is 1. The molecule has 2 N–H and O–H groups in total. The van der Waals surface area contributed by atoms with E-state index >= 15 is 0 Å². The normalized spacial score (nSPS) is 34.5. The first-order valence-corrected chi connectivity index (χ1v) is 2.25. The van der Waals surface area contributed by atoms with E-state index in [9.17, 15) is 8.78 Å². The van der Waals surface area contributed by atoms with Crippen LogP contribution in [0.15, 0.2) is 0 Å². The molecule has 0 bridgehead atoms. The van der Waals surface area contributed by atoms with Gasteiger partial charge in [0.15, 0.2) is 0 Å². The molecule has 1 nitrogen and oxygen atoms in total. The minimum atomic E-state index is -2.19. The summed E-state index contributed by atoms with van der Waals surface area (Å²) in [6, 6.07) is -0.208. The van der Waals surface area contributed by atoms with Crippen LogP contribution in [0.2, 0.25) is 0 Å². The molecule has 8 heavy (non-hydrogen) atoms. The van der Waals surface area contributed by atoms with Crippen molar-refractivity contribution in [1.29, 1.82) is 0 Å². The van der Waals surface area contributed by atoms with Crippen LogP contribution >= 0.6 is 12.4 Å². The largest absolute Gasteiger partial charge is 0.327 e. The fourth-order valence-corrected chi connectivity index (χ4v) is 0.525. The summed E-state index contributed by atoms with van der Waals surface area (Å²) < 4.78 is 22.8. The van der Waals surface area contributed by atoms with E-state index < -0.39 is 12.3 Å². The van der Waals surface area contributed by atoms with Crippen molar-refractivity contribution >= 4 is 12.4 Å². The monoisotopic (exact) mass is 143 g/mol. The molecular weight excluding hydrogens is 136 g/mol. The Morgan fingerprint density at radius 2 is 1.88 bits per heavy atom. The van der Waals surface area contributed by atoms with Crippen molar-refractivity contribution in [1.82, 2.24) is 0 Å². The molecule has 0 saturated heterocycles. The zero-order chi connectivity index (χ0) is 5.44. The highest BCUT2D eigenvalue weighted by atomic mass is 35.5. The molecule has 0 amide bonds. The topological polar surface area (TPSA) is 26.0 Å². The van der Waals surface area contributed by atoms with E-state index in [-0.39, 0.29) is 18.4 Å². The summed E-state index contributed by atoms with van der Waals surface area (Å²) >= 11 is 0. The van der Waals surface area contributed by atoms with Gasteiger partial charge in [0, 0.05) is 12.0 Å². The van der Waals surface area contributed by atoms with Gasteiger partial charge in [0.2, 0.25) is 6.43 Å². The highest BCUT2D eigenvalue weighted by Crippen LogP contribution is 2.33. The van der Waals surface area contributed by atoms with Crippen LogP contribution in [0, 0.1) is 5.92 Å². The first-order valence-electron chi connectivity index (χ1n) is 2.25. The van der Waals surface area contributed by atoms with Gasteiger partial charge in [0.05, 0.1) is 0 Å². The van der Waals surface area contributed by atoms with Crippen LogP contribution in [0.5, 0.6) is 0 Å². The SMILES string of the molecule is Cl.N[C@@H]1C[C@@H]1C(F)F. The van der Waals surface area contributed by atoms with Crippen molar-refractivity contribution < 1.29 is 8.78 Å². The van der Waals surface area contributed by atoms with Gasteiger partial charge < -0.3 is 5.73 Å². The Kier molecular flexibility index (Phi) is 2.63. The lowest BCUT2D eigenvalue weighted by atomic mass is 10.4. The van der Waals surface area contributed by atoms with Crippen molar-refractivity contribution in [2.24, 2.45) is 11.7 Å². The Labute approximate surface area is 52.7 Å². The summed E-state index contributed by atoms with van der Waals surface area (Å²) in [7, 11) is 0. The molecule has 1 rings (SSSR count). The Balaban J connectivity index is 0.000000490. The third-order valence-electron chi connectivity index (χ3n) is 1.21. The second-order valence-corrected chi connectivity index (χ2v) is 1.90. The number of hydrogen-bond donors (Lipinski definition) is 1. The maximum atomic E-state index is 11.4. The first kappa shape index (κ1) is 8.11. The van der Waals surface area contributed by atoms with Crippen LogP contribution in [-0.2, 0) is 0 Å². The molecule has 4 heteroatoms.